The van der Waals surface area contributed by atoms with Crippen LogP contribution in [-0.2, 0) is 0 Å². The van der Waals surface area contributed by atoms with Crippen LogP contribution in [0.3, 0.4) is 0 Å². The molecule has 0 aliphatic heterocycles. The molecule has 0 saturated heterocycles. The van der Waals surface area contributed by atoms with Gasteiger partial charge in [0.25, 0.3) is 0 Å². The molecule has 1 aliphatic rings. The normalized spacial score (nSPS) is 16.0. The van der Waals surface area contributed by atoms with Crippen LogP contribution >= 0.6 is 0 Å². The van der Waals surface area contributed by atoms with Gasteiger partial charge in [0.05, 0.1) is 6.61 Å². The van der Waals surface area contributed by atoms with Crippen molar-refractivity contribution in [2.75, 3.05) is 39.1 Å². The molecular weight excluding hydrogens is 276 g/mol. The number of nitrogens with zero attached hydrogens (tertiary/aromatic N) is 3. The van der Waals surface area contributed by atoms with Gasteiger partial charge in [-0.1, -0.05) is 26.2 Å². The maximum Gasteiger partial charge on any atom is 0.218 e. The van der Waals surface area contributed by atoms with Crippen LogP contribution in [0.1, 0.15) is 57.2 Å². The molecule has 0 unspecified atom stereocenters. The van der Waals surface area contributed by atoms with Gasteiger partial charge in [-0.05, 0) is 33.4 Å². The second-order valence-electron chi connectivity index (χ2n) is 6.36. The Hall–Kier alpha value is -1.36. The summed E-state index contributed by atoms with van der Waals surface area (Å²) in [5, 5.41) is 3.40. The van der Waals surface area contributed by atoms with Crippen molar-refractivity contribution in [2.45, 2.75) is 51.4 Å². The highest BCUT2D eigenvalue weighted by Crippen LogP contribution is 2.32. The predicted molar refractivity (Wildman–Crippen MR) is 90.7 cm³/mol. The first-order valence-corrected chi connectivity index (χ1v) is 8.59. The van der Waals surface area contributed by atoms with E-state index in [9.17, 15) is 0 Å². The van der Waals surface area contributed by atoms with Crippen molar-refractivity contribution < 1.29 is 4.74 Å². The van der Waals surface area contributed by atoms with Gasteiger partial charge in [-0.25, -0.2) is 4.98 Å². The number of ether oxygens (including phenoxy) is 1. The first-order chi connectivity index (χ1) is 10.7. The first kappa shape index (κ1) is 17.0. The van der Waals surface area contributed by atoms with E-state index >= 15 is 0 Å². The van der Waals surface area contributed by atoms with Gasteiger partial charge < -0.3 is 15.0 Å². The smallest absolute Gasteiger partial charge is 0.218 e. The Labute approximate surface area is 134 Å². The SMILES string of the molecule is CCCOc1cc(NCCN(C)C)nc(C2CCCCC2)n1. The molecule has 5 heteroatoms. The molecule has 22 heavy (non-hydrogen) atoms. The fraction of sp³-hybridized carbons (Fsp3) is 0.765. The van der Waals surface area contributed by atoms with E-state index in [1.54, 1.807) is 0 Å². The van der Waals surface area contributed by atoms with Crippen LogP contribution in [0.2, 0.25) is 0 Å². The lowest BCUT2D eigenvalue weighted by molar-refractivity contribution is 0.301. The van der Waals surface area contributed by atoms with Crippen molar-refractivity contribution in [3.05, 3.63) is 11.9 Å². The number of anilines is 1. The first-order valence-electron chi connectivity index (χ1n) is 8.59. The number of likely N-dealkylation sites (N-methyl/N-ethyl adjacent to an activating group) is 1. The Balaban J connectivity index is 2.08. The van der Waals surface area contributed by atoms with E-state index in [-0.39, 0.29) is 0 Å². The minimum Gasteiger partial charge on any atom is -0.478 e. The van der Waals surface area contributed by atoms with Crippen molar-refractivity contribution >= 4 is 5.82 Å². The summed E-state index contributed by atoms with van der Waals surface area (Å²) >= 11 is 0. The Morgan fingerprint density at radius 2 is 2.00 bits per heavy atom. The molecule has 2 rings (SSSR count). The summed E-state index contributed by atoms with van der Waals surface area (Å²) in [5.74, 6) is 3.06. The zero-order valence-electron chi connectivity index (χ0n) is 14.3. The second-order valence-corrected chi connectivity index (χ2v) is 6.36. The molecule has 1 aromatic heterocycles. The summed E-state index contributed by atoms with van der Waals surface area (Å²) in [4.78, 5) is 11.6. The lowest BCUT2D eigenvalue weighted by Crippen LogP contribution is -2.21. The minimum absolute atomic E-state index is 0.494. The lowest BCUT2D eigenvalue weighted by Gasteiger charge is -2.21. The fourth-order valence-corrected chi connectivity index (χ4v) is 2.76. The average molecular weight is 306 g/mol. The molecule has 1 aromatic rings. The summed E-state index contributed by atoms with van der Waals surface area (Å²) in [5.41, 5.74) is 0. The molecule has 0 amide bonds. The average Bonchev–Trinajstić information content (AvgIpc) is 2.53. The minimum atomic E-state index is 0.494. The van der Waals surface area contributed by atoms with Crippen molar-refractivity contribution in [1.82, 2.24) is 14.9 Å². The third-order valence-electron chi connectivity index (χ3n) is 4.01. The van der Waals surface area contributed by atoms with Crippen molar-refractivity contribution in [2.24, 2.45) is 0 Å². The zero-order chi connectivity index (χ0) is 15.8. The molecule has 124 valence electrons. The Morgan fingerprint density at radius 3 is 2.68 bits per heavy atom. The van der Waals surface area contributed by atoms with Crippen LogP contribution < -0.4 is 10.1 Å². The van der Waals surface area contributed by atoms with Crippen LogP contribution in [0, 0.1) is 0 Å². The molecule has 0 bridgehead atoms. The van der Waals surface area contributed by atoms with Crippen molar-refractivity contribution in [3.63, 3.8) is 0 Å². The van der Waals surface area contributed by atoms with Crippen LogP contribution in [-0.4, -0.2) is 48.7 Å². The van der Waals surface area contributed by atoms with E-state index in [1.165, 1.54) is 32.1 Å². The maximum atomic E-state index is 5.75. The monoisotopic (exact) mass is 306 g/mol. The second kappa shape index (κ2) is 8.93. The lowest BCUT2D eigenvalue weighted by atomic mass is 9.89. The zero-order valence-corrected chi connectivity index (χ0v) is 14.3. The number of hydrogen-bond acceptors (Lipinski definition) is 5. The largest absolute Gasteiger partial charge is 0.478 e. The van der Waals surface area contributed by atoms with E-state index < -0.39 is 0 Å². The molecule has 0 spiro atoms. The van der Waals surface area contributed by atoms with Gasteiger partial charge in [0.15, 0.2) is 0 Å². The van der Waals surface area contributed by atoms with E-state index in [0.29, 0.717) is 18.4 Å². The van der Waals surface area contributed by atoms with Gasteiger partial charge in [0.1, 0.15) is 11.6 Å². The van der Waals surface area contributed by atoms with Crippen LogP contribution in [0.5, 0.6) is 5.88 Å². The predicted octanol–water partition coefficient (Wildman–Crippen LogP) is 3.29. The van der Waals surface area contributed by atoms with Crippen LogP contribution in [0.25, 0.3) is 0 Å². The van der Waals surface area contributed by atoms with Gasteiger partial charge in [-0.3, -0.25) is 0 Å². The molecule has 1 fully saturated rings. The van der Waals surface area contributed by atoms with Gasteiger partial charge >= 0.3 is 0 Å². The Morgan fingerprint density at radius 1 is 1.23 bits per heavy atom. The Kier molecular flexibility index (Phi) is 6.90. The Bertz CT molecular complexity index is 444. The summed E-state index contributed by atoms with van der Waals surface area (Å²) in [6.07, 6.45) is 7.32. The number of nitrogens with one attached hydrogen (secondary N) is 1. The van der Waals surface area contributed by atoms with Gasteiger partial charge in [-0.2, -0.15) is 4.98 Å². The number of rotatable bonds is 8. The summed E-state index contributed by atoms with van der Waals surface area (Å²) in [7, 11) is 4.15. The summed E-state index contributed by atoms with van der Waals surface area (Å²) < 4.78 is 5.75. The highest BCUT2D eigenvalue weighted by Gasteiger charge is 2.19. The molecular formula is C17H30N4O. The number of hydrogen-bond donors (Lipinski definition) is 1. The van der Waals surface area contributed by atoms with Gasteiger partial charge in [0, 0.05) is 25.1 Å². The molecule has 1 saturated carbocycles. The summed E-state index contributed by atoms with van der Waals surface area (Å²) in [6, 6.07) is 1.93. The third-order valence-corrected chi connectivity index (χ3v) is 4.01. The van der Waals surface area contributed by atoms with Crippen molar-refractivity contribution in [1.29, 1.82) is 0 Å². The van der Waals surface area contributed by atoms with E-state index in [0.717, 1.165) is 31.2 Å². The molecule has 5 nitrogen and oxygen atoms in total. The third kappa shape index (κ3) is 5.44. The van der Waals surface area contributed by atoms with E-state index in [1.807, 2.05) is 6.07 Å². The quantitative estimate of drug-likeness (QED) is 0.798. The standard InChI is InChI=1S/C17H30N4O/c1-4-12-22-16-13-15(18-10-11-21(2)3)19-17(20-16)14-8-6-5-7-9-14/h13-14H,4-12H2,1-3H3,(H,18,19,20). The van der Waals surface area contributed by atoms with Crippen molar-refractivity contribution in [3.8, 4) is 5.88 Å². The molecule has 1 aliphatic carbocycles. The van der Waals surface area contributed by atoms with E-state index in [4.69, 9.17) is 9.72 Å². The molecule has 0 aromatic carbocycles. The van der Waals surface area contributed by atoms with E-state index in [2.05, 4.69) is 36.2 Å². The molecule has 1 heterocycles. The molecule has 0 atom stereocenters. The topological polar surface area (TPSA) is 50.3 Å². The number of aromatic nitrogens is 2. The highest BCUT2D eigenvalue weighted by molar-refractivity contribution is 5.39. The molecule has 1 N–H and O–H groups in total. The van der Waals surface area contributed by atoms with Gasteiger partial charge in [-0.15, -0.1) is 0 Å². The van der Waals surface area contributed by atoms with Crippen LogP contribution in [0.4, 0.5) is 5.82 Å². The van der Waals surface area contributed by atoms with Gasteiger partial charge in [0.2, 0.25) is 5.88 Å². The highest BCUT2D eigenvalue weighted by atomic mass is 16.5. The fourth-order valence-electron chi connectivity index (χ4n) is 2.76. The molecule has 0 radical (unpaired) electrons. The summed E-state index contributed by atoms with van der Waals surface area (Å²) in [6.45, 7) is 4.67. The maximum absolute atomic E-state index is 5.75. The van der Waals surface area contributed by atoms with Crippen LogP contribution in [0.15, 0.2) is 6.07 Å².